The highest BCUT2D eigenvalue weighted by molar-refractivity contribution is 5.95. The van der Waals surface area contributed by atoms with Gasteiger partial charge >= 0.3 is 0 Å². The third-order valence-corrected chi connectivity index (χ3v) is 3.46. The van der Waals surface area contributed by atoms with E-state index in [1.165, 1.54) is 0 Å². The summed E-state index contributed by atoms with van der Waals surface area (Å²) in [6.07, 6.45) is 0.778. The van der Waals surface area contributed by atoms with E-state index in [0.717, 1.165) is 18.5 Å². The molecule has 1 fully saturated rings. The largest absolute Gasteiger partial charge is 0.369 e. The molecule has 1 unspecified atom stereocenters. The summed E-state index contributed by atoms with van der Waals surface area (Å²) in [4.78, 5) is 24.9. The molecule has 1 aliphatic heterocycles. The van der Waals surface area contributed by atoms with Crippen molar-refractivity contribution in [1.82, 2.24) is 10.3 Å². The van der Waals surface area contributed by atoms with Crippen LogP contribution in [-0.2, 0) is 11.3 Å². The minimum absolute atomic E-state index is 0.0875. The van der Waals surface area contributed by atoms with Crippen molar-refractivity contribution >= 4 is 11.8 Å². The van der Waals surface area contributed by atoms with Gasteiger partial charge in [-0.25, -0.2) is 5.84 Å². The van der Waals surface area contributed by atoms with Crippen LogP contribution in [-0.4, -0.2) is 29.8 Å². The molecule has 6 heteroatoms. The van der Waals surface area contributed by atoms with E-state index in [-0.39, 0.29) is 17.7 Å². The summed E-state index contributed by atoms with van der Waals surface area (Å²) in [6, 6.07) is 7.30. The number of nitrogens with one attached hydrogen (secondary N) is 1. The summed E-state index contributed by atoms with van der Waals surface area (Å²) in [6.45, 7) is 2.08. The maximum atomic E-state index is 11.7. The van der Waals surface area contributed by atoms with Crippen molar-refractivity contribution in [2.45, 2.75) is 13.0 Å². The molecule has 0 bridgehead atoms. The lowest BCUT2D eigenvalue weighted by molar-refractivity contribution is -0.121. The third kappa shape index (κ3) is 3.10. The van der Waals surface area contributed by atoms with Gasteiger partial charge in [0.05, 0.1) is 5.92 Å². The van der Waals surface area contributed by atoms with Crippen LogP contribution in [0.15, 0.2) is 24.3 Å². The number of nitrogens with zero attached hydrogens (tertiary/aromatic N) is 1. The minimum Gasteiger partial charge on any atom is -0.369 e. The Balaban J connectivity index is 2.08. The fraction of sp³-hybridized carbons (Fsp3) is 0.385. The molecule has 1 saturated heterocycles. The van der Waals surface area contributed by atoms with Crippen molar-refractivity contribution in [1.29, 1.82) is 0 Å². The number of hydrogen-bond donors (Lipinski definition) is 3. The first kappa shape index (κ1) is 13.5. The molecule has 0 spiro atoms. The smallest absolute Gasteiger partial charge is 0.265 e. The van der Waals surface area contributed by atoms with Gasteiger partial charge in [0, 0.05) is 18.7 Å². The van der Waals surface area contributed by atoms with Crippen LogP contribution in [0.3, 0.4) is 0 Å². The summed E-state index contributed by atoms with van der Waals surface area (Å²) in [5, 5.41) is 0. The molecule has 102 valence electrons. The lowest BCUT2D eigenvalue weighted by Crippen LogP contribution is -2.32. The Hall–Kier alpha value is -1.92. The van der Waals surface area contributed by atoms with Gasteiger partial charge in [0.25, 0.3) is 5.91 Å². The second-order valence-electron chi connectivity index (χ2n) is 4.75. The quantitative estimate of drug-likeness (QED) is 0.390. The van der Waals surface area contributed by atoms with Crippen LogP contribution in [0.2, 0.25) is 0 Å². The number of carbonyl (C=O) groups is 2. The van der Waals surface area contributed by atoms with Gasteiger partial charge in [-0.15, -0.1) is 0 Å². The van der Waals surface area contributed by atoms with Crippen LogP contribution in [0.4, 0.5) is 0 Å². The Labute approximate surface area is 111 Å². The Morgan fingerprint density at radius 3 is 2.74 bits per heavy atom. The van der Waals surface area contributed by atoms with E-state index in [2.05, 4.69) is 10.3 Å². The molecule has 19 heavy (non-hydrogen) atoms. The second-order valence-corrected chi connectivity index (χ2v) is 4.75. The van der Waals surface area contributed by atoms with Crippen molar-refractivity contribution in [2.75, 3.05) is 13.1 Å². The average molecular weight is 262 g/mol. The summed E-state index contributed by atoms with van der Waals surface area (Å²) >= 11 is 0. The van der Waals surface area contributed by atoms with E-state index in [4.69, 9.17) is 11.6 Å². The van der Waals surface area contributed by atoms with Gasteiger partial charge in [-0.3, -0.25) is 19.9 Å². The van der Waals surface area contributed by atoms with Gasteiger partial charge in [-0.2, -0.15) is 0 Å². The highest BCUT2D eigenvalue weighted by Gasteiger charge is 2.27. The molecular weight excluding hydrogens is 244 g/mol. The Morgan fingerprint density at radius 2 is 2.11 bits per heavy atom. The molecular formula is C13H18N4O2. The van der Waals surface area contributed by atoms with E-state index in [1.807, 2.05) is 12.1 Å². The highest BCUT2D eigenvalue weighted by atomic mass is 16.2. The van der Waals surface area contributed by atoms with Gasteiger partial charge in [0.15, 0.2) is 0 Å². The number of likely N-dealkylation sites (tertiary alicyclic amines) is 1. The minimum atomic E-state index is -0.304. The predicted octanol–water partition coefficient (Wildman–Crippen LogP) is -0.403. The van der Waals surface area contributed by atoms with Crippen LogP contribution >= 0.6 is 0 Å². The number of rotatable bonds is 4. The number of primary amides is 1. The zero-order valence-electron chi connectivity index (χ0n) is 10.6. The molecule has 1 atom stereocenters. The molecule has 0 radical (unpaired) electrons. The van der Waals surface area contributed by atoms with Gasteiger partial charge in [-0.1, -0.05) is 18.2 Å². The second kappa shape index (κ2) is 5.81. The van der Waals surface area contributed by atoms with Crippen molar-refractivity contribution in [3.05, 3.63) is 35.4 Å². The Morgan fingerprint density at radius 1 is 1.37 bits per heavy atom. The molecule has 1 aromatic rings. The molecule has 0 aromatic heterocycles. The molecule has 2 amide bonds. The van der Waals surface area contributed by atoms with Crippen LogP contribution in [0.25, 0.3) is 0 Å². The number of nitrogen functional groups attached to an aromatic ring is 1. The lowest BCUT2D eigenvalue weighted by atomic mass is 10.1. The maximum absolute atomic E-state index is 11.7. The van der Waals surface area contributed by atoms with Crippen molar-refractivity contribution in [2.24, 2.45) is 17.5 Å². The monoisotopic (exact) mass is 262 g/mol. The third-order valence-electron chi connectivity index (χ3n) is 3.46. The average Bonchev–Trinajstić information content (AvgIpc) is 2.87. The van der Waals surface area contributed by atoms with Crippen molar-refractivity contribution < 1.29 is 9.59 Å². The van der Waals surface area contributed by atoms with Crippen LogP contribution < -0.4 is 17.0 Å². The van der Waals surface area contributed by atoms with E-state index < -0.39 is 0 Å². The highest BCUT2D eigenvalue weighted by Crippen LogP contribution is 2.20. The first-order chi connectivity index (χ1) is 9.11. The zero-order valence-corrected chi connectivity index (χ0v) is 10.6. The first-order valence-corrected chi connectivity index (χ1v) is 6.22. The summed E-state index contributed by atoms with van der Waals surface area (Å²) in [5.41, 5.74) is 8.91. The molecule has 1 aliphatic rings. The fourth-order valence-corrected chi connectivity index (χ4v) is 2.41. The topological polar surface area (TPSA) is 101 Å². The standard InChI is InChI=1S/C13H18N4O2/c14-12(18)10-5-6-17(8-10)7-9-3-1-2-4-11(9)13(19)16-15/h1-4,10H,5-8,15H2,(H2,14,18)(H,16,19). The van der Waals surface area contributed by atoms with E-state index in [0.29, 0.717) is 18.7 Å². The summed E-state index contributed by atoms with van der Waals surface area (Å²) in [7, 11) is 0. The predicted molar refractivity (Wildman–Crippen MR) is 70.7 cm³/mol. The van der Waals surface area contributed by atoms with Crippen LogP contribution in [0.5, 0.6) is 0 Å². The van der Waals surface area contributed by atoms with Crippen molar-refractivity contribution in [3.8, 4) is 0 Å². The molecule has 1 heterocycles. The molecule has 0 aliphatic carbocycles. The summed E-state index contributed by atoms with van der Waals surface area (Å²) in [5.74, 6) is 4.52. The lowest BCUT2D eigenvalue weighted by Gasteiger charge is -2.17. The van der Waals surface area contributed by atoms with Crippen molar-refractivity contribution in [3.63, 3.8) is 0 Å². The van der Waals surface area contributed by atoms with Crippen LogP contribution in [0.1, 0.15) is 22.3 Å². The van der Waals surface area contributed by atoms with E-state index in [1.54, 1.807) is 12.1 Å². The molecule has 1 aromatic carbocycles. The number of nitrogens with two attached hydrogens (primary N) is 2. The maximum Gasteiger partial charge on any atom is 0.265 e. The van der Waals surface area contributed by atoms with Gasteiger partial charge in [-0.05, 0) is 24.6 Å². The van der Waals surface area contributed by atoms with Gasteiger partial charge in [0.1, 0.15) is 0 Å². The Bertz CT molecular complexity index is 489. The number of benzene rings is 1. The number of amides is 2. The molecule has 6 nitrogen and oxygen atoms in total. The Kier molecular flexibility index (Phi) is 4.13. The fourth-order valence-electron chi connectivity index (χ4n) is 2.41. The molecule has 0 saturated carbocycles. The normalized spacial score (nSPS) is 19.3. The van der Waals surface area contributed by atoms with Crippen LogP contribution in [0, 0.1) is 5.92 Å². The summed E-state index contributed by atoms with van der Waals surface area (Å²) < 4.78 is 0. The van der Waals surface area contributed by atoms with E-state index >= 15 is 0 Å². The molecule has 2 rings (SSSR count). The van der Waals surface area contributed by atoms with E-state index in [9.17, 15) is 9.59 Å². The zero-order chi connectivity index (χ0) is 13.8. The molecule has 5 N–H and O–H groups in total. The number of carbonyl (C=O) groups excluding carboxylic acids is 2. The van der Waals surface area contributed by atoms with Gasteiger partial charge in [0.2, 0.25) is 5.91 Å². The number of hydrazine groups is 1. The first-order valence-electron chi connectivity index (χ1n) is 6.22. The van der Waals surface area contributed by atoms with Gasteiger partial charge < -0.3 is 5.73 Å². The number of hydrogen-bond acceptors (Lipinski definition) is 4. The SMILES string of the molecule is NNC(=O)c1ccccc1CN1CCC(C(N)=O)C1.